The summed E-state index contributed by atoms with van der Waals surface area (Å²) in [5.41, 5.74) is -0.965. The molecule has 0 radical (unpaired) electrons. The Labute approximate surface area is 101 Å². The van der Waals surface area contributed by atoms with Crippen molar-refractivity contribution in [2.75, 3.05) is 18.0 Å². The zero-order valence-corrected chi connectivity index (χ0v) is 9.31. The van der Waals surface area contributed by atoms with E-state index < -0.39 is 30.1 Å². The molecule has 4 nitrogen and oxygen atoms in total. The lowest BCUT2D eigenvalue weighted by atomic mass is 10.2. The second kappa shape index (κ2) is 5.52. The van der Waals surface area contributed by atoms with Crippen LogP contribution in [-0.2, 0) is 11.0 Å². The normalized spacial score (nSPS) is 11.1. The van der Waals surface area contributed by atoms with Gasteiger partial charge < -0.3 is 10.0 Å². The minimum Gasteiger partial charge on any atom is -0.480 e. The average Bonchev–Trinajstić information content (AvgIpc) is 2.27. The maximum atomic E-state index is 12.7. The van der Waals surface area contributed by atoms with Crippen LogP contribution in [0.1, 0.15) is 5.56 Å². The van der Waals surface area contributed by atoms with Gasteiger partial charge in [-0.3, -0.25) is 4.79 Å². The van der Waals surface area contributed by atoms with Gasteiger partial charge in [-0.2, -0.15) is 13.2 Å². The van der Waals surface area contributed by atoms with Crippen LogP contribution in [-0.4, -0.2) is 29.1 Å². The number of aromatic nitrogens is 1. The molecule has 0 aliphatic carbocycles. The van der Waals surface area contributed by atoms with Crippen LogP contribution >= 0.6 is 0 Å². The van der Waals surface area contributed by atoms with Crippen LogP contribution in [0.15, 0.2) is 31.0 Å². The van der Waals surface area contributed by atoms with Crippen LogP contribution in [0, 0.1) is 0 Å². The Kier molecular flexibility index (Phi) is 4.30. The van der Waals surface area contributed by atoms with Crippen molar-refractivity contribution < 1.29 is 23.1 Å². The Morgan fingerprint density at radius 2 is 2.22 bits per heavy atom. The zero-order valence-electron chi connectivity index (χ0n) is 9.31. The molecule has 1 N–H and O–H groups in total. The Bertz CT molecular complexity index is 446. The molecule has 0 aliphatic heterocycles. The first kappa shape index (κ1) is 14.0. The van der Waals surface area contributed by atoms with E-state index in [4.69, 9.17) is 5.11 Å². The minimum absolute atomic E-state index is 0.0353. The van der Waals surface area contributed by atoms with E-state index in [0.29, 0.717) is 0 Å². The van der Waals surface area contributed by atoms with E-state index in [2.05, 4.69) is 11.6 Å². The number of alkyl halides is 3. The zero-order chi connectivity index (χ0) is 13.8. The van der Waals surface area contributed by atoms with Gasteiger partial charge in [-0.25, -0.2) is 4.98 Å². The van der Waals surface area contributed by atoms with E-state index in [9.17, 15) is 18.0 Å². The lowest BCUT2D eigenvalue weighted by Gasteiger charge is -2.23. The van der Waals surface area contributed by atoms with Gasteiger partial charge in [-0.05, 0) is 12.1 Å². The van der Waals surface area contributed by atoms with Gasteiger partial charge >= 0.3 is 12.1 Å². The third-order valence-electron chi connectivity index (χ3n) is 2.07. The van der Waals surface area contributed by atoms with E-state index in [1.165, 1.54) is 12.3 Å². The first-order valence-corrected chi connectivity index (χ1v) is 4.96. The highest BCUT2D eigenvalue weighted by Gasteiger charge is 2.35. The molecule has 0 amide bonds. The number of hydrogen-bond acceptors (Lipinski definition) is 3. The molecule has 0 spiro atoms. The third-order valence-corrected chi connectivity index (χ3v) is 2.07. The Morgan fingerprint density at radius 3 is 2.72 bits per heavy atom. The number of hydrogen-bond donors (Lipinski definition) is 1. The molecule has 1 heterocycles. The van der Waals surface area contributed by atoms with Gasteiger partial charge in [0.15, 0.2) is 0 Å². The van der Waals surface area contributed by atoms with Crippen molar-refractivity contribution in [1.29, 1.82) is 0 Å². The molecule has 1 rings (SSSR count). The molecule has 0 fully saturated rings. The van der Waals surface area contributed by atoms with Gasteiger partial charge in [0.25, 0.3) is 0 Å². The van der Waals surface area contributed by atoms with Crippen molar-refractivity contribution in [2.45, 2.75) is 6.18 Å². The molecule has 18 heavy (non-hydrogen) atoms. The molecule has 0 saturated heterocycles. The molecule has 7 heteroatoms. The molecule has 1 aromatic heterocycles. The van der Waals surface area contributed by atoms with Crippen LogP contribution in [0.2, 0.25) is 0 Å². The second-order valence-corrected chi connectivity index (χ2v) is 3.44. The fraction of sp³-hybridized carbons (Fsp3) is 0.273. The van der Waals surface area contributed by atoms with E-state index in [-0.39, 0.29) is 6.54 Å². The predicted molar refractivity (Wildman–Crippen MR) is 59.3 cm³/mol. The summed E-state index contributed by atoms with van der Waals surface area (Å²) in [6.45, 7) is 2.77. The van der Waals surface area contributed by atoms with Crippen molar-refractivity contribution >= 4 is 11.8 Å². The average molecular weight is 260 g/mol. The van der Waals surface area contributed by atoms with E-state index in [0.717, 1.165) is 17.0 Å². The van der Waals surface area contributed by atoms with Crippen LogP contribution in [0.5, 0.6) is 0 Å². The fourth-order valence-electron chi connectivity index (χ4n) is 1.42. The van der Waals surface area contributed by atoms with Gasteiger partial charge in [0.2, 0.25) is 0 Å². The highest BCUT2D eigenvalue weighted by atomic mass is 19.4. The smallest absolute Gasteiger partial charge is 0.419 e. The maximum Gasteiger partial charge on any atom is 0.419 e. The number of aliphatic carboxylic acids is 1. The van der Waals surface area contributed by atoms with Crippen LogP contribution in [0.25, 0.3) is 0 Å². The molecule has 0 atom stereocenters. The Morgan fingerprint density at radius 1 is 1.56 bits per heavy atom. The molecule has 0 aliphatic rings. The van der Waals surface area contributed by atoms with Crippen LogP contribution in [0.4, 0.5) is 19.0 Å². The number of carboxylic acids is 1. The largest absolute Gasteiger partial charge is 0.480 e. The SMILES string of the molecule is C=CCN(CC(=O)O)c1ncccc1C(F)(F)F. The number of carbonyl (C=O) groups is 1. The van der Waals surface area contributed by atoms with Crippen molar-refractivity contribution in [3.05, 3.63) is 36.5 Å². The number of pyridine rings is 1. The van der Waals surface area contributed by atoms with Gasteiger partial charge in [0.05, 0.1) is 5.56 Å². The van der Waals surface area contributed by atoms with Crippen molar-refractivity contribution in [3.63, 3.8) is 0 Å². The maximum absolute atomic E-state index is 12.7. The molecule has 0 aromatic carbocycles. The Hall–Kier alpha value is -2.05. The highest BCUT2D eigenvalue weighted by molar-refractivity contribution is 5.73. The second-order valence-electron chi connectivity index (χ2n) is 3.44. The third kappa shape index (κ3) is 3.47. The standard InChI is InChI=1S/C11H11F3N2O2/c1-2-6-16(7-9(17)18)10-8(11(12,13)14)4-3-5-15-10/h2-5H,1,6-7H2,(H,17,18). The molecular formula is C11H11F3N2O2. The minimum atomic E-state index is -4.58. The number of halogens is 3. The topological polar surface area (TPSA) is 53.4 Å². The lowest BCUT2D eigenvalue weighted by Crippen LogP contribution is -2.32. The molecule has 1 aromatic rings. The summed E-state index contributed by atoms with van der Waals surface area (Å²) in [4.78, 5) is 15.2. The van der Waals surface area contributed by atoms with Gasteiger partial charge in [-0.15, -0.1) is 6.58 Å². The first-order chi connectivity index (χ1) is 8.36. The number of nitrogens with zero attached hydrogens (tertiary/aromatic N) is 2. The monoisotopic (exact) mass is 260 g/mol. The summed E-state index contributed by atoms with van der Waals surface area (Å²) in [5, 5.41) is 8.68. The van der Waals surface area contributed by atoms with Gasteiger partial charge in [-0.1, -0.05) is 6.08 Å². The summed E-state index contributed by atoms with van der Waals surface area (Å²) < 4.78 is 38.2. The molecule has 0 unspecified atom stereocenters. The van der Waals surface area contributed by atoms with E-state index in [1.54, 1.807) is 0 Å². The fourth-order valence-corrected chi connectivity index (χ4v) is 1.42. The van der Waals surface area contributed by atoms with Crippen LogP contribution < -0.4 is 4.90 Å². The summed E-state index contributed by atoms with van der Waals surface area (Å²) in [6, 6.07) is 2.01. The Balaban J connectivity index is 3.19. The lowest BCUT2D eigenvalue weighted by molar-refractivity contribution is -0.138. The summed E-state index contributed by atoms with van der Waals surface area (Å²) >= 11 is 0. The molecular weight excluding hydrogens is 249 g/mol. The molecule has 0 saturated carbocycles. The van der Waals surface area contributed by atoms with E-state index >= 15 is 0 Å². The first-order valence-electron chi connectivity index (χ1n) is 4.96. The van der Waals surface area contributed by atoms with Crippen molar-refractivity contribution in [3.8, 4) is 0 Å². The predicted octanol–water partition coefficient (Wildman–Crippen LogP) is 2.18. The van der Waals surface area contributed by atoms with Gasteiger partial charge in [0.1, 0.15) is 12.4 Å². The number of anilines is 1. The van der Waals surface area contributed by atoms with Crippen molar-refractivity contribution in [1.82, 2.24) is 4.98 Å². The summed E-state index contributed by atoms with van der Waals surface area (Å²) in [5.74, 6) is -1.65. The number of rotatable bonds is 5. The molecule has 98 valence electrons. The summed E-state index contributed by atoms with van der Waals surface area (Å²) in [6.07, 6.45) is -2.08. The number of carboxylic acid groups (broad SMARTS) is 1. The van der Waals surface area contributed by atoms with Gasteiger partial charge in [0, 0.05) is 12.7 Å². The van der Waals surface area contributed by atoms with E-state index in [1.807, 2.05) is 0 Å². The molecule has 0 bridgehead atoms. The summed E-state index contributed by atoms with van der Waals surface area (Å²) in [7, 11) is 0. The van der Waals surface area contributed by atoms with Crippen LogP contribution in [0.3, 0.4) is 0 Å². The quantitative estimate of drug-likeness (QED) is 0.824. The highest BCUT2D eigenvalue weighted by Crippen LogP contribution is 2.34. The van der Waals surface area contributed by atoms with Crippen molar-refractivity contribution in [2.24, 2.45) is 0 Å².